The van der Waals surface area contributed by atoms with Crippen LogP contribution < -0.4 is 14.4 Å². The van der Waals surface area contributed by atoms with Crippen molar-refractivity contribution in [3.63, 3.8) is 0 Å². The summed E-state index contributed by atoms with van der Waals surface area (Å²) in [6.45, 7) is 4.46. The number of esters is 2. The van der Waals surface area contributed by atoms with E-state index >= 15 is 13.2 Å². The van der Waals surface area contributed by atoms with E-state index < -0.39 is 84.5 Å². The molecular formula is C37H27F3N2O10S. The average Bonchev–Trinajstić information content (AvgIpc) is 3.47. The Kier molecular flexibility index (Phi) is 8.64. The Bertz CT molecular complexity index is 2460. The molecule has 0 fully saturated rings. The van der Waals surface area contributed by atoms with E-state index in [1.807, 2.05) is 0 Å². The number of sulfone groups is 1. The molecule has 4 aromatic rings. The first-order valence-corrected chi connectivity index (χ1v) is 17.1. The molecule has 0 saturated heterocycles. The number of ether oxygens (including phenoxy) is 2. The van der Waals surface area contributed by atoms with Crippen LogP contribution in [-0.2, 0) is 24.8 Å². The van der Waals surface area contributed by atoms with Gasteiger partial charge < -0.3 is 9.47 Å². The van der Waals surface area contributed by atoms with Gasteiger partial charge in [-0.15, -0.1) is 0 Å². The van der Waals surface area contributed by atoms with Crippen LogP contribution in [0.5, 0.6) is 11.5 Å². The fourth-order valence-electron chi connectivity index (χ4n) is 6.22. The molecule has 0 aliphatic carbocycles. The molecule has 2 heterocycles. The molecule has 16 heteroatoms. The van der Waals surface area contributed by atoms with Crippen molar-refractivity contribution in [2.45, 2.75) is 49.1 Å². The van der Waals surface area contributed by atoms with Gasteiger partial charge in [0.1, 0.15) is 11.2 Å². The summed E-state index contributed by atoms with van der Waals surface area (Å²) in [5.41, 5.74) is -4.72. The first-order chi connectivity index (χ1) is 24.7. The van der Waals surface area contributed by atoms with Crippen LogP contribution >= 0.6 is 0 Å². The molecule has 2 aliphatic heterocycles. The standard InChI is InChI=1S/C37H27F3N2O10S/c1-18-14-21(6-12-30(18)51-19(2)43)36(4,37(38,39)40)22-7-13-31(52-20(3)44)29(15-22)42-34(47)26-11-9-24(17-28(26)35(42)48)53(49,50)23-8-10-25-27(16-23)33(46)41(5)32(25)45/h6-17H,1-5H3. The lowest BCUT2D eigenvalue weighted by Gasteiger charge is -2.34. The molecule has 0 spiro atoms. The van der Waals surface area contributed by atoms with Crippen LogP contribution in [0.25, 0.3) is 0 Å². The Hall–Kier alpha value is -6.16. The van der Waals surface area contributed by atoms with E-state index in [9.17, 15) is 37.2 Å². The quantitative estimate of drug-likeness (QED) is 0.133. The Morgan fingerprint density at radius 2 is 1.09 bits per heavy atom. The van der Waals surface area contributed by atoms with Gasteiger partial charge in [0.15, 0.2) is 5.75 Å². The summed E-state index contributed by atoms with van der Waals surface area (Å²) in [6, 6.07) is 12.8. The van der Waals surface area contributed by atoms with Crippen LogP contribution in [0.2, 0.25) is 0 Å². The molecule has 1 atom stereocenters. The molecule has 0 bridgehead atoms. The number of carbonyl (C=O) groups excluding carboxylic acids is 6. The molecule has 6 rings (SSSR count). The number of hydrogen-bond donors (Lipinski definition) is 0. The number of fused-ring (bicyclic) bond motifs is 2. The predicted molar refractivity (Wildman–Crippen MR) is 179 cm³/mol. The third kappa shape index (κ3) is 5.84. The van der Waals surface area contributed by atoms with Crippen LogP contribution in [0.3, 0.4) is 0 Å². The molecule has 4 amide bonds. The number of carbonyl (C=O) groups is 6. The summed E-state index contributed by atoms with van der Waals surface area (Å²) >= 11 is 0. The number of halogens is 3. The fourth-order valence-corrected chi connectivity index (χ4v) is 7.53. The molecule has 12 nitrogen and oxygen atoms in total. The Morgan fingerprint density at radius 1 is 0.642 bits per heavy atom. The second-order valence-corrected chi connectivity index (χ2v) is 14.5. The van der Waals surface area contributed by atoms with E-state index in [1.54, 1.807) is 0 Å². The van der Waals surface area contributed by atoms with Crippen LogP contribution in [0, 0.1) is 6.92 Å². The minimum Gasteiger partial charge on any atom is -0.426 e. The number of rotatable bonds is 7. The zero-order chi connectivity index (χ0) is 38.9. The van der Waals surface area contributed by atoms with Crippen LogP contribution in [0.15, 0.2) is 82.6 Å². The molecule has 0 radical (unpaired) electrons. The van der Waals surface area contributed by atoms with Crippen LogP contribution in [-0.4, -0.2) is 62.1 Å². The molecule has 4 aromatic carbocycles. The normalized spacial score (nSPS) is 15.3. The SMILES string of the molecule is CC(=O)Oc1ccc(C(C)(c2ccc(OC(C)=O)c(N3C(=O)c4ccc(S(=O)(=O)c5ccc6c(c5)C(=O)N(C)C6=O)cc4C3=O)c2)C(F)(F)F)cc1C. The van der Waals surface area contributed by atoms with Gasteiger partial charge in [0.05, 0.1) is 37.7 Å². The molecule has 0 N–H and O–H groups in total. The maximum absolute atomic E-state index is 15.1. The molecular weight excluding hydrogens is 721 g/mol. The Morgan fingerprint density at radius 3 is 1.62 bits per heavy atom. The second-order valence-electron chi connectivity index (χ2n) is 12.5. The summed E-state index contributed by atoms with van der Waals surface area (Å²) in [5.74, 6) is -5.49. The molecule has 272 valence electrons. The van der Waals surface area contributed by atoms with E-state index in [2.05, 4.69) is 0 Å². The summed E-state index contributed by atoms with van der Waals surface area (Å²) in [5, 5.41) is 0. The van der Waals surface area contributed by atoms with Gasteiger partial charge in [-0.25, -0.2) is 13.3 Å². The highest BCUT2D eigenvalue weighted by Crippen LogP contribution is 2.49. The van der Waals surface area contributed by atoms with Crippen LogP contribution in [0.4, 0.5) is 18.9 Å². The van der Waals surface area contributed by atoms with E-state index in [-0.39, 0.29) is 38.5 Å². The number of aryl methyl sites for hydroxylation is 1. The Balaban J connectivity index is 1.44. The maximum atomic E-state index is 15.1. The third-order valence-corrected chi connectivity index (χ3v) is 10.9. The lowest BCUT2D eigenvalue weighted by atomic mass is 9.75. The van der Waals surface area contributed by atoms with Gasteiger partial charge in [0.2, 0.25) is 9.84 Å². The minimum absolute atomic E-state index is 0.00315. The fraction of sp³-hybridized carbons (Fsp3) is 0.189. The summed E-state index contributed by atoms with van der Waals surface area (Å²) in [7, 11) is -3.22. The highest BCUT2D eigenvalue weighted by atomic mass is 32.2. The number of alkyl halides is 3. The third-order valence-electron chi connectivity index (χ3n) is 9.14. The average molecular weight is 749 g/mol. The monoisotopic (exact) mass is 748 g/mol. The van der Waals surface area contributed by atoms with Crippen molar-refractivity contribution in [1.82, 2.24) is 4.90 Å². The van der Waals surface area contributed by atoms with Crippen molar-refractivity contribution >= 4 is 51.1 Å². The lowest BCUT2D eigenvalue weighted by Crippen LogP contribution is -2.41. The van der Waals surface area contributed by atoms with Crippen molar-refractivity contribution < 1.29 is 59.8 Å². The molecule has 0 aromatic heterocycles. The first-order valence-electron chi connectivity index (χ1n) is 15.6. The number of anilines is 1. The lowest BCUT2D eigenvalue weighted by molar-refractivity contribution is -0.173. The van der Waals surface area contributed by atoms with Gasteiger partial charge in [0.25, 0.3) is 23.6 Å². The van der Waals surface area contributed by atoms with Gasteiger partial charge in [-0.3, -0.25) is 33.7 Å². The number of nitrogens with zero attached hydrogens (tertiary/aromatic N) is 2. The Labute approximate surface area is 299 Å². The van der Waals surface area contributed by atoms with Gasteiger partial charge >= 0.3 is 18.1 Å². The maximum Gasteiger partial charge on any atom is 0.402 e. The van der Waals surface area contributed by atoms with Crippen molar-refractivity contribution in [2.24, 2.45) is 0 Å². The van der Waals surface area contributed by atoms with Crippen molar-refractivity contribution in [2.75, 3.05) is 11.9 Å². The van der Waals surface area contributed by atoms with E-state index in [1.165, 1.54) is 32.2 Å². The van der Waals surface area contributed by atoms with Gasteiger partial charge in [-0.2, -0.15) is 13.2 Å². The van der Waals surface area contributed by atoms with Crippen molar-refractivity contribution in [3.8, 4) is 11.5 Å². The summed E-state index contributed by atoms with van der Waals surface area (Å²) in [6.07, 6.45) is -4.99. The predicted octanol–water partition coefficient (Wildman–Crippen LogP) is 5.57. The number of benzene rings is 4. The number of hydrogen-bond acceptors (Lipinski definition) is 10. The van der Waals surface area contributed by atoms with Gasteiger partial charge in [-0.1, -0.05) is 18.2 Å². The number of imide groups is 2. The van der Waals surface area contributed by atoms with Crippen molar-refractivity contribution in [1.29, 1.82) is 0 Å². The highest BCUT2D eigenvalue weighted by molar-refractivity contribution is 7.91. The topological polar surface area (TPSA) is 161 Å². The van der Waals surface area contributed by atoms with E-state index in [0.29, 0.717) is 4.90 Å². The first kappa shape index (κ1) is 36.6. The van der Waals surface area contributed by atoms with E-state index in [0.717, 1.165) is 80.3 Å². The highest BCUT2D eigenvalue weighted by Gasteiger charge is 2.54. The second kappa shape index (κ2) is 12.5. The zero-order valence-corrected chi connectivity index (χ0v) is 29.3. The summed E-state index contributed by atoms with van der Waals surface area (Å²) in [4.78, 5) is 76.6. The molecule has 0 saturated carbocycles. The largest absolute Gasteiger partial charge is 0.426 e. The van der Waals surface area contributed by atoms with Gasteiger partial charge in [-0.05, 0) is 85.1 Å². The van der Waals surface area contributed by atoms with Crippen LogP contribution in [0.1, 0.15) is 78.9 Å². The molecule has 53 heavy (non-hydrogen) atoms. The molecule has 1 unspecified atom stereocenters. The van der Waals surface area contributed by atoms with Crippen molar-refractivity contribution in [3.05, 3.63) is 112 Å². The van der Waals surface area contributed by atoms with Gasteiger partial charge in [0, 0.05) is 20.9 Å². The molecule has 2 aliphatic rings. The smallest absolute Gasteiger partial charge is 0.402 e. The number of amides is 4. The zero-order valence-electron chi connectivity index (χ0n) is 28.4. The summed E-state index contributed by atoms with van der Waals surface area (Å²) < 4.78 is 83.0. The minimum atomic E-state index is -4.99. The van der Waals surface area contributed by atoms with E-state index in [4.69, 9.17) is 9.47 Å².